The first-order valence-corrected chi connectivity index (χ1v) is 9.24. The van der Waals surface area contributed by atoms with E-state index in [4.69, 9.17) is 0 Å². The van der Waals surface area contributed by atoms with Gasteiger partial charge in [-0.05, 0) is 48.6 Å². The number of anilines is 1. The highest BCUT2D eigenvalue weighted by atomic mass is 16.2. The molecule has 1 heterocycles. The fourth-order valence-electron chi connectivity index (χ4n) is 3.81. The van der Waals surface area contributed by atoms with Crippen molar-refractivity contribution >= 4 is 22.5 Å². The van der Waals surface area contributed by atoms with Crippen molar-refractivity contribution < 1.29 is 4.79 Å². The molecular weight excluding hydrogens is 324 g/mol. The molecule has 0 saturated heterocycles. The molecule has 1 aromatic heterocycles. The zero-order valence-corrected chi connectivity index (χ0v) is 14.6. The number of hydrogen-bond acceptors (Lipinski definition) is 2. The Labute approximate surface area is 152 Å². The molecule has 1 aliphatic carbocycles. The van der Waals surface area contributed by atoms with Crippen molar-refractivity contribution in [2.75, 3.05) is 5.32 Å². The Morgan fingerprint density at radius 2 is 1.69 bits per heavy atom. The molecule has 4 nitrogen and oxygen atoms in total. The number of hydrogen-bond donors (Lipinski definition) is 2. The maximum absolute atomic E-state index is 12.5. The number of H-pyrrole nitrogens is 1. The third-order valence-electron chi connectivity index (χ3n) is 5.28. The number of para-hydroxylation sites is 1. The number of benzene rings is 2. The highest BCUT2D eigenvalue weighted by Crippen LogP contribution is 2.32. The van der Waals surface area contributed by atoms with Crippen molar-refractivity contribution in [2.45, 2.75) is 38.0 Å². The number of fused-ring (bicyclic) bond motifs is 1. The van der Waals surface area contributed by atoms with Crippen LogP contribution in [-0.2, 0) is 0 Å². The van der Waals surface area contributed by atoms with Crippen LogP contribution in [0.1, 0.15) is 53.9 Å². The number of aromatic amines is 1. The van der Waals surface area contributed by atoms with Crippen LogP contribution in [0.2, 0.25) is 0 Å². The zero-order valence-electron chi connectivity index (χ0n) is 14.6. The van der Waals surface area contributed by atoms with Crippen LogP contribution in [0.25, 0.3) is 10.9 Å². The van der Waals surface area contributed by atoms with Crippen molar-refractivity contribution in [2.24, 2.45) is 0 Å². The van der Waals surface area contributed by atoms with Gasteiger partial charge in [-0.1, -0.05) is 43.5 Å². The molecule has 2 N–H and O–H groups in total. The molecule has 0 bridgehead atoms. The van der Waals surface area contributed by atoms with Crippen molar-refractivity contribution in [3.05, 3.63) is 76.1 Å². The average molecular weight is 346 g/mol. The Balaban J connectivity index is 1.53. The number of nitrogens with one attached hydrogen (secondary N) is 2. The van der Waals surface area contributed by atoms with Crippen LogP contribution in [0.5, 0.6) is 0 Å². The van der Waals surface area contributed by atoms with Crippen LogP contribution in [0.3, 0.4) is 0 Å². The summed E-state index contributed by atoms with van der Waals surface area (Å²) in [4.78, 5) is 28.1. The van der Waals surface area contributed by atoms with Crippen LogP contribution in [0, 0.1) is 0 Å². The van der Waals surface area contributed by atoms with Gasteiger partial charge in [-0.15, -0.1) is 0 Å². The lowest BCUT2D eigenvalue weighted by Gasteiger charge is -2.22. The summed E-state index contributed by atoms with van der Waals surface area (Å²) in [5, 5.41) is 3.36. The van der Waals surface area contributed by atoms with E-state index >= 15 is 0 Å². The first-order valence-electron chi connectivity index (χ1n) is 9.24. The quantitative estimate of drug-likeness (QED) is 0.713. The van der Waals surface area contributed by atoms with Gasteiger partial charge in [0, 0.05) is 22.8 Å². The van der Waals surface area contributed by atoms with Gasteiger partial charge >= 0.3 is 0 Å². The largest absolute Gasteiger partial charge is 0.360 e. The van der Waals surface area contributed by atoms with Gasteiger partial charge in [0.05, 0.1) is 0 Å². The average Bonchev–Trinajstić information content (AvgIpc) is 2.69. The third kappa shape index (κ3) is 3.27. The summed E-state index contributed by atoms with van der Waals surface area (Å²) in [6.45, 7) is 0. The van der Waals surface area contributed by atoms with E-state index < -0.39 is 0 Å². The van der Waals surface area contributed by atoms with Crippen molar-refractivity contribution in [1.82, 2.24) is 4.98 Å². The number of carbonyl (C=O) groups excluding carboxylic acids is 1. The Hall–Kier alpha value is -2.88. The maximum Gasteiger partial charge on any atom is 0.261 e. The molecule has 26 heavy (non-hydrogen) atoms. The summed E-state index contributed by atoms with van der Waals surface area (Å²) in [7, 11) is 0. The Kier molecular flexibility index (Phi) is 4.57. The summed E-state index contributed by atoms with van der Waals surface area (Å²) in [5.74, 6) is 0.249. The van der Waals surface area contributed by atoms with Crippen LogP contribution in [-0.4, -0.2) is 10.9 Å². The van der Waals surface area contributed by atoms with Crippen LogP contribution in [0.15, 0.2) is 59.5 Å². The van der Waals surface area contributed by atoms with Gasteiger partial charge in [-0.25, -0.2) is 0 Å². The molecule has 4 rings (SSSR count). The predicted molar refractivity (Wildman–Crippen MR) is 105 cm³/mol. The van der Waals surface area contributed by atoms with Gasteiger partial charge in [-0.3, -0.25) is 9.59 Å². The van der Waals surface area contributed by atoms with Gasteiger partial charge in [-0.2, -0.15) is 0 Å². The van der Waals surface area contributed by atoms with E-state index in [1.54, 1.807) is 12.1 Å². The van der Waals surface area contributed by atoms with Gasteiger partial charge in [0.1, 0.15) is 5.56 Å². The molecule has 0 unspecified atom stereocenters. The molecule has 1 amide bonds. The van der Waals surface area contributed by atoms with Gasteiger partial charge < -0.3 is 10.3 Å². The normalized spacial score (nSPS) is 15.1. The molecule has 4 heteroatoms. The fourth-order valence-corrected chi connectivity index (χ4v) is 3.81. The molecule has 0 aliphatic heterocycles. The standard InChI is InChI=1S/C22H22N2O2/c25-21-18-8-4-5-9-20(18)23-14-19(21)22(26)24-17-12-10-16(11-13-17)15-6-2-1-3-7-15/h4-5,8-15H,1-3,6-7H2,(H,23,25)(H,24,26). The maximum atomic E-state index is 12.5. The number of pyridine rings is 1. The predicted octanol–water partition coefficient (Wildman–Crippen LogP) is 4.83. The molecule has 132 valence electrons. The van der Waals surface area contributed by atoms with Gasteiger partial charge in [0.2, 0.25) is 5.43 Å². The monoisotopic (exact) mass is 346 g/mol. The highest BCUT2D eigenvalue weighted by molar-refractivity contribution is 6.05. The van der Waals surface area contributed by atoms with Gasteiger partial charge in [0.15, 0.2) is 0 Å². The van der Waals surface area contributed by atoms with Crippen molar-refractivity contribution in [3.8, 4) is 0 Å². The van der Waals surface area contributed by atoms with E-state index in [0.29, 0.717) is 17.0 Å². The van der Waals surface area contributed by atoms with Crippen LogP contribution in [0.4, 0.5) is 5.69 Å². The number of aromatic nitrogens is 1. The van der Waals surface area contributed by atoms with Crippen molar-refractivity contribution in [3.63, 3.8) is 0 Å². The molecule has 1 aliphatic rings. The van der Waals surface area contributed by atoms with E-state index in [2.05, 4.69) is 22.4 Å². The lowest BCUT2D eigenvalue weighted by molar-refractivity contribution is 0.102. The van der Waals surface area contributed by atoms with E-state index in [1.807, 2.05) is 24.3 Å². The second-order valence-corrected chi connectivity index (χ2v) is 6.99. The topological polar surface area (TPSA) is 62.0 Å². The van der Waals surface area contributed by atoms with E-state index in [1.165, 1.54) is 43.9 Å². The van der Waals surface area contributed by atoms with E-state index in [0.717, 1.165) is 5.52 Å². The highest BCUT2D eigenvalue weighted by Gasteiger charge is 2.16. The number of rotatable bonds is 3. The second kappa shape index (κ2) is 7.16. The summed E-state index contributed by atoms with van der Waals surface area (Å²) < 4.78 is 0. The molecule has 3 aromatic rings. The Morgan fingerprint density at radius 3 is 2.46 bits per heavy atom. The molecule has 0 atom stereocenters. The minimum atomic E-state index is -0.387. The minimum absolute atomic E-state index is 0.125. The van der Waals surface area contributed by atoms with E-state index in [9.17, 15) is 9.59 Å². The second-order valence-electron chi connectivity index (χ2n) is 6.99. The summed E-state index contributed by atoms with van der Waals surface area (Å²) in [6, 6.07) is 15.2. The fraction of sp³-hybridized carbons (Fsp3) is 0.273. The molecular formula is C22H22N2O2. The minimum Gasteiger partial charge on any atom is -0.360 e. The molecule has 0 spiro atoms. The molecule has 0 radical (unpaired) electrons. The zero-order chi connectivity index (χ0) is 17.9. The van der Waals surface area contributed by atoms with Crippen molar-refractivity contribution in [1.29, 1.82) is 0 Å². The molecule has 1 saturated carbocycles. The number of amides is 1. The van der Waals surface area contributed by atoms with Crippen LogP contribution >= 0.6 is 0 Å². The first kappa shape index (κ1) is 16.6. The van der Waals surface area contributed by atoms with Gasteiger partial charge in [0.25, 0.3) is 5.91 Å². The summed E-state index contributed by atoms with van der Waals surface area (Å²) >= 11 is 0. The Bertz CT molecular complexity index is 983. The van der Waals surface area contributed by atoms with E-state index in [-0.39, 0.29) is 16.9 Å². The summed E-state index contributed by atoms with van der Waals surface area (Å²) in [6.07, 6.45) is 7.92. The molecule has 1 fully saturated rings. The first-order chi connectivity index (χ1) is 12.7. The smallest absolute Gasteiger partial charge is 0.261 e. The lowest BCUT2D eigenvalue weighted by Crippen LogP contribution is -2.21. The SMILES string of the molecule is O=C(Nc1ccc(C2CCCCC2)cc1)c1c[nH]c2ccccc2c1=O. The lowest BCUT2D eigenvalue weighted by atomic mass is 9.84. The Morgan fingerprint density at radius 1 is 0.962 bits per heavy atom. The summed E-state index contributed by atoms with van der Waals surface area (Å²) in [5.41, 5.74) is 2.65. The third-order valence-corrected chi connectivity index (χ3v) is 5.28. The van der Waals surface area contributed by atoms with Crippen LogP contribution < -0.4 is 10.7 Å². The molecule has 2 aromatic carbocycles. The number of carbonyl (C=O) groups is 1.